The van der Waals surface area contributed by atoms with Gasteiger partial charge < -0.3 is 9.80 Å². The standard InChI is InChI=1S/C23H32FN3/c24-22-3-1-2-4-23(22)27-13-11-26(12-14-27)21-7-9-25(10-8-21)17-20-16-18-5-6-19(20)15-18/h1-6,18-21H,7-17H2. The Hall–Kier alpha value is -1.39. The number of para-hydroxylation sites is 1. The van der Waals surface area contributed by atoms with Crippen molar-refractivity contribution in [2.45, 2.75) is 31.7 Å². The summed E-state index contributed by atoms with van der Waals surface area (Å²) in [5.41, 5.74) is 0.770. The molecule has 146 valence electrons. The van der Waals surface area contributed by atoms with Gasteiger partial charge in [0.15, 0.2) is 0 Å². The third-order valence-corrected chi connectivity index (χ3v) is 7.49. The molecule has 2 saturated heterocycles. The lowest BCUT2D eigenvalue weighted by Gasteiger charge is -2.44. The first-order valence-electron chi connectivity index (χ1n) is 10.9. The maximum Gasteiger partial charge on any atom is 0.146 e. The second-order valence-electron chi connectivity index (χ2n) is 9.05. The van der Waals surface area contributed by atoms with Gasteiger partial charge in [0.25, 0.3) is 0 Å². The van der Waals surface area contributed by atoms with Gasteiger partial charge in [-0.2, -0.15) is 0 Å². The molecule has 3 unspecified atom stereocenters. The monoisotopic (exact) mass is 369 g/mol. The summed E-state index contributed by atoms with van der Waals surface area (Å²) >= 11 is 0. The summed E-state index contributed by atoms with van der Waals surface area (Å²) in [5, 5.41) is 0. The van der Waals surface area contributed by atoms with Crippen molar-refractivity contribution in [1.82, 2.24) is 9.80 Å². The van der Waals surface area contributed by atoms with Crippen molar-refractivity contribution in [2.24, 2.45) is 17.8 Å². The van der Waals surface area contributed by atoms with Crippen molar-refractivity contribution in [3.05, 3.63) is 42.2 Å². The molecule has 2 heterocycles. The Labute approximate surface area is 162 Å². The van der Waals surface area contributed by atoms with Crippen LogP contribution in [0.4, 0.5) is 10.1 Å². The molecule has 1 saturated carbocycles. The van der Waals surface area contributed by atoms with E-state index < -0.39 is 0 Å². The van der Waals surface area contributed by atoms with Crippen LogP contribution in [0, 0.1) is 23.6 Å². The molecule has 3 fully saturated rings. The molecular formula is C23H32FN3. The van der Waals surface area contributed by atoms with Gasteiger partial charge in [0, 0.05) is 38.8 Å². The number of likely N-dealkylation sites (tertiary alicyclic amines) is 1. The van der Waals surface area contributed by atoms with Crippen LogP contribution in [0.1, 0.15) is 25.7 Å². The topological polar surface area (TPSA) is 9.72 Å². The minimum atomic E-state index is -0.0882. The Morgan fingerprint density at radius 2 is 1.67 bits per heavy atom. The van der Waals surface area contributed by atoms with E-state index in [9.17, 15) is 4.39 Å². The molecule has 3 nitrogen and oxygen atoms in total. The van der Waals surface area contributed by atoms with Crippen LogP contribution in [-0.2, 0) is 0 Å². The van der Waals surface area contributed by atoms with Crippen LogP contribution in [0.5, 0.6) is 0 Å². The van der Waals surface area contributed by atoms with Gasteiger partial charge >= 0.3 is 0 Å². The normalized spacial score (nSPS) is 32.5. The van der Waals surface area contributed by atoms with Gasteiger partial charge in [-0.05, 0) is 68.7 Å². The molecular weight excluding hydrogens is 337 g/mol. The van der Waals surface area contributed by atoms with Gasteiger partial charge in [0.1, 0.15) is 5.82 Å². The Bertz CT molecular complexity index is 674. The predicted octanol–water partition coefficient (Wildman–Crippen LogP) is 3.62. The summed E-state index contributed by atoms with van der Waals surface area (Å²) in [5.74, 6) is 2.60. The van der Waals surface area contributed by atoms with E-state index in [1.807, 2.05) is 12.1 Å². The van der Waals surface area contributed by atoms with E-state index in [1.165, 1.54) is 45.3 Å². The molecule has 0 amide bonds. The SMILES string of the molecule is Fc1ccccc1N1CCN(C2CCN(CC3CC4C=CC3C4)CC2)CC1. The van der Waals surface area contributed by atoms with Crippen LogP contribution in [-0.4, -0.2) is 61.7 Å². The second kappa shape index (κ2) is 7.56. The van der Waals surface area contributed by atoms with Crippen LogP contribution in [0.25, 0.3) is 0 Å². The number of benzene rings is 1. The molecule has 4 aliphatic rings. The van der Waals surface area contributed by atoms with Gasteiger partial charge in [0.2, 0.25) is 0 Å². The number of piperidine rings is 1. The van der Waals surface area contributed by atoms with Gasteiger partial charge in [-0.15, -0.1) is 0 Å². The maximum atomic E-state index is 14.0. The van der Waals surface area contributed by atoms with Crippen molar-refractivity contribution >= 4 is 5.69 Å². The Morgan fingerprint density at radius 1 is 0.889 bits per heavy atom. The third kappa shape index (κ3) is 3.66. The molecule has 0 N–H and O–H groups in total. The molecule has 2 aliphatic carbocycles. The van der Waals surface area contributed by atoms with E-state index in [4.69, 9.17) is 0 Å². The maximum absolute atomic E-state index is 14.0. The molecule has 3 atom stereocenters. The van der Waals surface area contributed by atoms with Crippen molar-refractivity contribution < 1.29 is 4.39 Å². The molecule has 5 rings (SSSR count). The quantitative estimate of drug-likeness (QED) is 0.751. The van der Waals surface area contributed by atoms with Gasteiger partial charge in [0.05, 0.1) is 5.69 Å². The zero-order chi connectivity index (χ0) is 18.2. The van der Waals surface area contributed by atoms with Crippen LogP contribution >= 0.6 is 0 Å². The summed E-state index contributed by atoms with van der Waals surface area (Å²) in [6.07, 6.45) is 10.4. The highest BCUT2D eigenvalue weighted by Crippen LogP contribution is 2.43. The van der Waals surface area contributed by atoms with Crippen LogP contribution < -0.4 is 4.90 Å². The lowest BCUT2D eigenvalue weighted by molar-refractivity contribution is 0.0918. The number of halogens is 1. The molecule has 0 spiro atoms. The highest BCUT2D eigenvalue weighted by molar-refractivity contribution is 5.48. The molecule has 27 heavy (non-hydrogen) atoms. The first-order valence-corrected chi connectivity index (χ1v) is 10.9. The number of fused-ring (bicyclic) bond motifs is 2. The zero-order valence-corrected chi connectivity index (χ0v) is 16.3. The third-order valence-electron chi connectivity index (χ3n) is 7.49. The van der Waals surface area contributed by atoms with Gasteiger partial charge in [-0.1, -0.05) is 24.3 Å². The van der Waals surface area contributed by atoms with Crippen molar-refractivity contribution in [3.63, 3.8) is 0 Å². The van der Waals surface area contributed by atoms with E-state index >= 15 is 0 Å². The molecule has 1 aromatic rings. The fraction of sp³-hybridized carbons (Fsp3) is 0.652. The van der Waals surface area contributed by atoms with Crippen molar-refractivity contribution in [3.8, 4) is 0 Å². The summed E-state index contributed by atoms with van der Waals surface area (Å²) in [7, 11) is 0. The molecule has 2 aliphatic heterocycles. The summed E-state index contributed by atoms with van der Waals surface area (Å²) < 4.78 is 14.0. The number of piperazine rings is 1. The van der Waals surface area contributed by atoms with Crippen LogP contribution in [0.3, 0.4) is 0 Å². The first-order chi connectivity index (χ1) is 13.3. The summed E-state index contributed by atoms with van der Waals surface area (Å²) in [4.78, 5) is 7.60. The number of hydrogen-bond donors (Lipinski definition) is 0. The number of allylic oxidation sites excluding steroid dienone is 2. The average Bonchev–Trinajstić information content (AvgIpc) is 3.32. The number of nitrogens with zero attached hydrogens (tertiary/aromatic N) is 3. The van der Waals surface area contributed by atoms with Gasteiger partial charge in [-0.25, -0.2) is 4.39 Å². The summed E-state index contributed by atoms with van der Waals surface area (Å²) in [6, 6.07) is 7.92. The van der Waals surface area contributed by atoms with E-state index in [-0.39, 0.29) is 5.82 Å². The minimum absolute atomic E-state index is 0.0882. The van der Waals surface area contributed by atoms with E-state index in [0.717, 1.165) is 55.7 Å². The number of rotatable bonds is 4. The van der Waals surface area contributed by atoms with E-state index in [2.05, 4.69) is 26.9 Å². The minimum Gasteiger partial charge on any atom is -0.367 e. The highest BCUT2D eigenvalue weighted by Gasteiger charge is 2.37. The molecule has 1 aromatic carbocycles. The fourth-order valence-corrected chi connectivity index (χ4v) is 5.94. The number of hydrogen-bond acceptors (Lipinski definition) is 3. The lowest BCUT2D eigenvalue weighted by atomic mass is 9.92. The largest absolute Gasteiger partial charge is 0.367 e. The zero-order valence-electron chi connectivity index (χ0n) is 16.3. The number of anilines is 1. The Morgan fingerprint density at radius 3 is 2.33 bits per heavy atom. The molecule has 2 bridgehead atoms. The van der Waals surface area contributed by atoms with Crippen LogP contribution in [0.15, 0.2) is 36.4 Å². The first kappa shape index (κ1) is 17.7. The molecule has 0 aromatic heterocycles. The van der Waals surface area contributed by atoms with Gasteiger partial charge in [-0.3, -0.25) is 4.90 Å². The van der Waals surface area contributed by atoms with Crippen LogP contribution in [0.2, 0.25) is 0 Å². The van der Waals surface area contributed by atoms with E-state index in [1.54, 1.807) is 12.1 Å². The van der Waals surface area contributed by atoms with E-state index in [0.29, 0.717) is 0 Å². The fourth-order valence-electron chi connectivity index (χ4n) is 5.94. The van der Waals surface area contributed by atoms with Crippen molar-refractivity contribution in [1.29, 1.82) is 0 Å². The Balaban J connectivity index is 1.08. The Kier molecular flexibility index (Phi) is 4.95. The lowest BCUT2D eigenvalue weighted by Crippen LogP contribution is -2.53. The molecule has 4 heteroatoms. The highest BCUT2D eigenvalue weighted by atomic mass is 19.1. The van der Waals surface area contributed by atoms with Crippen molar-refractivity contribution in [2.75, 3.05) is 50.7 Å². The second-order valence-corrected chi connectivity index (χ2v) is 9.05. The predicted molar refractivity (Wildman–Crippen MR) is 108 cm³/mol. The summed E-state index contributed by atoms with van der Waals surface area (Å²) in [6.45, 7) is 7.86. The molecule has 0 radical (unpaired) electrons. The smallest absolute Gasteiger partial charge is 0.146 e. The average molecular weight is 370 g/mol.